The summed E-state index contributed by atoms with van der Waals surface area (Å²) in [7, 11) is 1.97. The summed E-state index contributed by atoms with van der Waals surface area (Å²) < 4.78 is 5.83. The van der Waals surface area contributed by atoms with E-state index in [1.807, 2.05) is 42.3 Å². The van der Waals surface area contributed by atoms with E-state index in [9.17, 15) is 4.79 Å². The average Bonchev–Trinajstić information content (AvgIpc) is 2.74. The third-order valence-corrected chi connectivity index (χ3v) is 5.65. The highest BCUT2D eigenvalue weighted by molar-refractivity contribution is 7.80. The van der Waals surface area contributed by atoms with Crippen LogP contribution in [0, 0.1) is 0 Å². The van der Waals surface area contributed by atoms with Crippen molar-refractivity contribution in [1.29, 1.82) is 0 Å². The van der Waals surface area contributed by atoms with Gasteiger partial charge in [-0.05, 0) is 48.8 Å². The molecular formula is C23H28N2O2S. The van der Waals surface area contributed by atoms with Gasteiger partial charge in [0.25, 0.3) is 5.91 Å². The van der Waals surface area contributed by atoms with Gasteiger partial charge in [0.1, 0.15) is 5.75 Å². The number of nitrogens with zero attached hydrogens (tertiary/aromatic N) is 1. The standard InChI is InChI=1S/C23H28N2O2S/c1-25(20-12-6-3-7-13-20)23(28)24-22(26)19-11-8-14-21(17-19)27-16-15-18-9-4-2-5-10-18/h2,4-5,8-11,14,17,20H,3,6-7,12-13,15-16H2,1H3,(H,24,26,28). The van der Waals surface area contributed by atoms with Gasteiger partial charge >= 0.3 is 0 Å². The molecule has 0 aliphatic heterocycles. The van der Waals surface area contributed by atoms with Crippen LogP contribution in [0.1, 0.15) is 48.0 Å². The fraction of sp³-hybridized carbons (Fsp3) is 0.391. The number of ether oxygens (including phenoxy) is 1. The van der Waals surface area contributed by atoms with E-state index in [1.54, 1.807) is 12.1 Å². The Morgan fingerprint density at radius 2 is 1.86 bits per heavy atom. The SMILES string of the molecule is CN(C(=S)NC(=O)c1cccc(OCCc2ccccc2)c1)C1CCCCC1. The van der Waals surface area contributed by atoms with Crippen LogP contribution in [0.5, 0.6) is 5.75 Å². The number of benzene rings is 2. The normalized spacial score (nSPS) is 14.3. The first-order valence-electron chi connectivity index (χ1n) is 9.98. The number of carbonyl (C=O) groups is 1. The molecule has 1 N–H and O–H groups in total. The van der Waals surface area contributed by atoms with Crippen molar-refractivity contribution in [2.24, 2.45) is 0 Å². The van der Waals surface area contributed by atoms with E-state index in [-0.39, 0.29) is 5.91 Å². The highest BCUT2D eigenvalue weighted by atomic mass is 32.1. The molecule has 0 saturated heterocycles. The van der Waals surface area contributed by atoms with Crippen LogP contribution in [0.3, 0.4) is 0 Å². The van der Waals surface area contributed by atoms with Crippen LogP contribution in [0.2, 0.25) is 0 Å². The molecule has 1 aliphatic carbocycles. The summed E-state index contributed by atoms with van der Waals surface area (Å²) in [6.45, 7) is 0.567. The van der Waals surface area contributed by atoms with Gasteiger partial charge in [0.2, 0.25) is 0 Å². The van der Waals surface area contributed by atoms with Crippen molar-refractivity contribution < 1.29 is 9.53 Å². The largest absolute Gasteiger partial charge is 0.493 e. The third kappa shape index (κ3) is 5.80. The fourth-order valence-corrected chi connectivity index (χ4v) is 3.79. The molecule has 5 heteroatoms. The van der Waals surface area contributed by atoms with Crippen LogP contribution in [-0.4, -0.2) is 35.6 Å². The Kier molecular flexibility index (Phi) is 7.43. The van der Waals surface area contributed by atoms with Crippen LogP contribution >= 0.6 is 12.2 Å². The topological polar surface area (TPSA) is 41.6 Å². The molecule has 148 valence electrons. The molecule has 2 aromatic carbocycles. The molecule has 1 saturated carbocycles. The minimum Gasteiger partial charge on any atom is -0.493 e. The molecule has 4 nitrogen and oxygen atoms in total. The quantitative estimate of drug-likeness (QED) is 0.726. The Morgan fingerprint density at radius 3 is 2.61 bits per heavy atom. The van der Waals surface area contributed by atoms with Gasteiger partial charge < -0.3 is 9.64 Å². The molecule has 0 atom stereocenters. The van der Waals surface area contributed by atoms with E-state index in [2.05, 4.69) is 17.4 Å². The lowest BCUT2D eigenvalue weighted by molar-refractivity contribution is 0.0971. The molecule has 3 rings (SSSR count). The maximum atomic E-state index is 12.6. The minimum absolute atomic E-state index is 0.193. The number of carbonyl (C=O) groups excluding carboxylic acids is 1. The van der Waals surface area contributed by atoms with Crippen LogP contribution in [0.25, 0.3) is 0 Å². The summed E-state index contributed by atoms with van der Waals surface area (Å²) in [4.78, 5) is 14.6. The monoisotopic (exact) mass is 396 g/mol. The Balaban J connectivity index is 1.52. The summed E-state index contributed by atoms with van der Waals surface area (Å²) in [6, 6.07) is 17.9. The van der Waals surface area contributed by atoms with Crippen molar-refractivity contribution >= 4 is 23.2 Å². The minimum atomic E-state index is -0.193. The zero-order chi connectivity index (χ0) is 19.8. The Morgan fingerprint density at radius 1 is 1.11 bits per heavy atom. The number of nitrogens with one attached hydrogen (secondary N) is 1. The van der Waals surface area contributed by atoms with E-state index in [0.29, 0.717) is 29.1 Å². The molecule has 0 unspecified atom stereocenters. The molecule has 0 spiro atoms. The van der Waals surface area contributed by atoms with E-state index in [0.717, 1.165) is 19.3 Å². The third-order valence-electron chi connectivity index (χ3n) is 5.26. The molecule has 1 fully saturated rings. The van der Waals surface area contributed by atoms with E-state index >= 15 is 0 Å². The smallest absolute Gasteiger partial charge is 0.257 e. The lowest BCUT2D eigenvalue weighted by atomic mass is 9.95. The first kappa shape index (κ1) is 20.3. The number of thiocarbonyl (C=S) groups is 1. The van der Waals surface area contributed by atoms with Gasteiger partial charge in [-0.15, -0.1) is 0 Å². The van der Waals surface area contributed by atoms with Gasteiger partial charge in [0.15, 0.2) is 5.11 Å². The van der Waals surface area contributed by atoms with Gasteiger partial charge in [-0.2, -0.15) is 0 Å². The molecule has 28 heavy (non-hydrogen) atoms. The van der Waals surface area contributed by atoms with Crippen molar-refractivity contribution in [2.45, 2.75) is 44.6 Å². The van der Waals surface area contributed by atoms with Gasteiger partial charge in [0.05, 0.1) is 6.61 Å². The van der Waals surface area contributed by atoms with Crippen LogP contribution in [0.4, 0.5) is 0 Å². The predicted molar refractivity (Wildman–Crippen MR) is 117 cm³/mol. The van der Waals surface area contributed by atoms with E-state index in [1.165, 1.54) is 24.8 Å². The summed E-state index contributed by atoms with van der Waals surface area (Å²) in [6.07, 6.45) is 6.85. The Bertz CT molecular complexity index is 788. The van der Waals surface area contributed by atoms with Gasteiger partial charge in [-0.25, -0.2) is 0 Å². The van der Waals surface area contributed by atoms with E-state index < -0.39 is 0 Å². The molecular weight excluding hydrogens is 368 g/mol. The maximum Gasteiger partial charge on any atom is 0.257 e. The van der Waals surface area contributed by atoms with Crippen molar-refractivity contribution in [2.75, 3.05) is 13.7 Å². The second-order valence-electron chi connectivity index (χ2n) is 7.27. The highest BCUT2D eigenvalue weighted by Crippen LogP contribution is 2.21. The second kappa shape index (κ2) is 10.2. The van der Waals surface area contributed by atoms with Crippen LogP contribution < -0.4 is 10.1 Å². The number of hydrogen-bond acceptors (Lipinski definition) is 3. The first-order chi connectivity index (χ1) is 13.6. The molecule has 0 bridgehead atoms. The highest BCUT2D eigenvalue weighted by Gasteiger charge is 2.21. The van der Waals surface area contributed by atoms with E-state index in [4.69, 9.17) is 17.0 Å². The van der Waals surface area contributed by atoms with Crippen molar-refractivity contribution in [3.05, 3.63) is 65.7 Å². The maximum absolute atomic E-state index is 12.6. The molecule has 1 aliphatic rings. The molecule has 0 radical (unpaired) electrons. The van der Waals surface area contributed by atoms with Gasteiger partial charge in [0, 0.05) is 25.1 Å². The lowest BCUT2D eigenvalue weighted by Gasteiger charge is -2.32. The molecule has 2 aromatic rings. The summed E-state index contributed by atoms with van der Waals surface area (Å²) in [5.41, 5.74) is 1.78. The fourth-order valence-electron chi connectivity index (χ4n) is 3.55. The number of rotatable bonds is 6. The molecule has 0 aromatic heterocycles. The number of hydrogen-bond donors (Lipinski definition) is 1. The Hall–Kier alpha value is -2.40. The molecule has 0 heterocycles. The zero-order valence-corrected chi connectivity index (χ0v) is 17.2. The second-order valence-corrected chi connectivity index (χ2v) is 7.66. The average molecular weight is 397 g/mol. The van der Waals surface area contributed by atoms with Crippen LogP contribution in [0.15, 0.2) is 54.6 Å². The first-order valence-corrected chi connectivity index (χ1v) is 10.4. The lowest BCUT2D eigenvalue weighted by Crippen LogP contribution is -2.46. The summed E-state index contributed by atoms with van der Waals surface area (Å²) in [5, 5.41) is 3.36. The van der Waals surface area contributed by atoms with Crippen molar-refractivity contribution in [3.8, 4) is 5.75 Å². The Labute approximate surface area is 172 Å². The molecule has 1 amide bonds. The summed E-state index contributed by atoms with van der Waals surface area (Å²) >= 11 is 5.45. The van der Waals surface area contributed by atoms with Crippen LogP contribution in [-0.2, 0) is 6.42 Å². The summed E-state index contributed by atoms with van der Waals surface area (Å²) in [5.74, 6) is 0.497. The van der Waals surface area contributed by atoms with Gasteiger partial charge in [-0.1, -0.05) is 55.7 Å². The predicted octanol–water partition coefficient (Wildman–Crippen LogP) is 4.59. The van der Waals surface area contributed by atoms with Crippen molar-refractivity contribution in [1.82, 2.24) is 10.2 Å². The van der Waals surface area contributed by atoms with Crippen molar-refractivity contribution in [3.63, 3.8) is 0 Å². The number of amides is 1. The zero-order valence-electron chi connectivity index (χ0n) is 16.4. The van der Waals surface area contributed by atoms with Gasteiger partial charge in [-0.3, -0.25) is 10.1 Å².